The number of hydrogen-bond donors (Lipinski definition) is 1. The lowest BCUT2D eigenvalue weighted by atomic mass is 9.92. The summed E-state index contributed by atoms with van der Waals surface area (Å²) >= 11 is 0. The second-order valence-corrected chi connectivity index (χ2v) is 7.96. The van der Waals surface area contributed by atoms with Gasteiger partial charge >= 0.3 is 0 Å². The minimum absolute atomic E-state index is 0.0614. The lowest BCUT2D eigenvalue weighted by Gasteiger charge is -2.36. The summed E-state index contributed by atoms with van der Waals surface area (Å²) < 4.78 is 7.34. The largest absolute Gasteiger partial charge is 0.494 e. The maximum atomic E-state index is 13.4. The summed E-state index contributed by atoms with van der Waals surface area (Å²) in [4.78, 5) is 19.0. The van der Waals surface area contributed by atoms with Gasteiger partial charge in [0.15, 0.2) is 0 Å². The van der Waals surface area contributed by atoms with Crippen molar-refractivity contribution in [3.8, 4) is 5.75 Å². The molecular formula is C25H26N4O2. The summed E-state index contributed by atoms with van der Waals surface area (Å²) in [5.41, 5.74) is 5.49. The fourth-order valence-corrected chi connectivity index (χ4v) is 4.55. The Labute approximate surface area is 181 Å². The Hall–Kier alpha value is -3.54. The standard InChI is InChI=1S/C25H26N4O2/c1-3-31-19-10-8-18(9-11-19)25-24-21(20-6-4-5-7-22(20)26-24)13-15-29(25)23(30)16-28-14-12-17(2)27-28/h4-12,14,25-26H,3,13,15-16H2,1-2H3/t25-/m0/s1. The summed E-state index contributed by atoms with van der Waals surface area (Å²) in [6.07, 6.45) is 2.69. The van der Waals surface area contributed by atoms with Crippen LogP contribution in [0.3, 0.4) is 0 Å². The third-order valence-corrected chi connectivity index (χ3v) is 5.93. The first-order chi connectivity index (χ1) is 15.1. The topological polar surface area (TPSA) is 63.1 Å². The van der Waals surface area contributed by atoms with E-state index in [2.05, 4.69) is 40.4 Å². The molecule has 0 radical (unpaired) electrons. The fourth-order valence-electron chi connectivity index (χ4n) is 4.55. The van der Waals surface area contributed by atoms with E-state index in [0.29, 0.717) is 13.2 Å². The molecule has 0 saturated heterocycles. The van der Waals surface area contributed by atoms with Gasteiger partial charge in [-0.05, 0) is 55.7 Å². The number of ether oxygens (including phenoxy) is 1. The Morgan fingerprint density at radius 1 is 1.16 bits per heavy atom. The zero-order valence-corrected chi connectivity index (χ0v) is 17.8. The van der Waals surface area contributed by atoms with Crippen LogP contribution in [0.15, 0.2) is 60.8 Å². The summed E-state index contributed by atoms with van der Waals surface area (Å²) in [5.74, 6) is 0.898. The van der Waals surface area contributed by atoms with Gasteiger partial charge in [0, 0.05) is 29.3 Å². The lowest BCUT2D eigenvalue weighted by Crippen LogP contribution is -2.42. The van der Waals surface area contributed by atoms with Crippen LogP contribution in [0.1, 0.15) is 35.5 Å². The van der Waals surface area contributed by atoms with Gasteiger partial charge in [-0.15, -0.1) is 0 Å². The number of carbonyl (C=O) groups excluding carboxylic acids is 1. The molecule has 1 amide bonds. The molecule has 1 N–H and O–H groups in total. The van der Waals surface area contributed by atoms with Crippen molar-refractivity contribution < 1.29 is 9.53 Å². The quantitative estimate of drug-likeness (QED) is 0.531. The maximum absolute atomic E-state index is 13.4. The minimum Gasteiger partial charge on any atom is -0.494 e. The number of nitrogens with one attached hydrogen (secondary N) is 1. The maximum Gasteiger partial charge on any atom is 0.245 e. The number of hydrogen-bond acceptors (Lipinski definition) is 3. The van der Waals surface area contributed by atoms with Gasteiger partial charge in [-0.1, -0.05) is 30.3 Å². The average Bonchev–Trinajstić information content (AvgIpc) is 3.36. The van der Waals surface area contributed by atoms with E-state index in [1.165, 1.54) is 10.9 Å². The van der Waals surface area contributed by atoms with Gasteiger partial charge in [-0.25, -0.2) is 0 Å². The summed E-state index contributed by atoms with van der Waals surface area (Å²) in [5, 5.41) is 5.64. The molecule has 4 aromatic rings. The molecule has 0 fully saturated rings. The first-order valence-electron chi connectivity index (χ1n) is 10.8. The molecule has 2 aromatic carbocycles. The molecule has 0 aliphatic carbocycles. The number of aryl methyl sites for hydroxylation is 1. The van der Waals surface area contributed by atoms with Crippen LogP contribution >= 0.6 is 0 Å². The van der Waals surface area contributed by atoms with Crippen molar-refractivity contribution in [1.82, 2.24) is 19.7 Å². The van der Waals surface area contributed by atoms with Crippen molar-refractivity contribution in [2.24, 2.45) is 0 Å². The molecule has 1 aliphatic heterocycles. The molecule has 6 heteroatoms. The lowest BCUT2D eigenvalue weighted by molar-refractivity contribution is -0.134. The molecule has 158 valence electrons. The van der Waals surface area contributed by atoms with Crippen molar-refractivity contribution in [3.63, 3.8) is 0 Å². The number of nitrogens with zero attached hydrogens (tertiary/aromatic N) is 3. The Kier molecular flexibility index (Phi) is 4.98. The van der Waals surface area contributed by atoms with Gasteiger partial charge in [-0.2, -0.15) is 5.10 Å². The summed E-state index contributed by atoms with van der Waals surface area (Å²) in [7, 11) is 0. The van der Waals surface area contributed by atoms with Crippen molar-refractivity contribution >= 4 is 16.8 Å². The zero-order chi connectivity index (χ0) is 21.4. The van der Waals surface area contributed by atoms with E-state index in [-0.39, 0.29) is 18.5 Å². The number of benzene rings is 2. The Morgan fingerprint density at radius 3 is 2.71 bits per heavy atom. The molecule has 2 aromatic heterocycles. The Morgan fingerprint density at radius 2 is 1.97 bits per heavy atom. The average molecular weight is 415 g/mol. The smallest absolute Gasteiger partial charge is 0.245 e. The number of carbonyl (C=O) groups is 1. The molecular weight excluding hydrogens is 388 g/mol. The monoisotopic (exact) mass is 414 g/mol. The minimum atomic E-state index is -0.170. The number of para-hydroxylation sites is 1. The van der Waals surface area contributed by atoms with Gasteiger partial charge in [0.25, 0.3) is 0 Å². The van der Waals surface area contributed by atoms with Crippen LogP contribution in [0.4, 0.5) is 0 Å². The number of aromatic amines is 1. The highest BCUT2D eigenvalue weighted by atomic mass is 16.5. The highest BCUT2D eigenvalue weighted by Gasteiger charge is 2.34. The molecule has 1 aliphatic rings. The van der Waals surface area contributed by atoms with Crippen LogP contribution in [0, 0.1) is 6.92 Å². The number of amides is 1. The number of fused-ring (bicyclic) bond motifs is 3. The molecule has 0 saturated carbocycles. The van der Waals surface area contributed by atoms with Gasteiger partial charge in [0.1, 0.15) is 12.3 Å². The summed E-state index contributed by atoms with van der Waals surface area (Å²) in [6, 6.07) is 18.2. The number of rotatable bonds is 5. The van der Waals surface area contributed by atoms with E-state index in [0.717, 1.165) is 34.6 Å². The Bertz CT molecular complexity index is 1220. The molecule has 0 spiro atoms. The molecule has 0 bridgehead atoms. The molecule has 6 nitrogen and oxygen atoms in total. The van der Waals surface area contributed by atoms with Gasteiger partial charge in [-0.3, -0.25) is 9.48 Å². The molecule has 1 atom stereocenters. The third-order valence-electron chi connectivity index (χ3n) is 5.93. The van der Waals surface area contributed by atoms with E-state index < -0.39 is 0 Å². The van der Waals surface area contributed by atoms with Gasteiger partial charge in [0.05, 0.1) is 18.3 Å². The third kappa shape index (κ3) is 3.58. The van der Waals surface area contributed by atoms with E-state index in [9.17, 15) is 4.79 Å². The van der Waals surface area contributed by atoms with Crippen molar-refractivity contribution in [2.45, 2.75) is 32.9 Å². The van der Waals surface area contributed by atoms with Crippen molar-refractivity contribution in [2.75, 3.05) is 13.2 Å². The van der Waals surface area contributed by atoms with Crippen LogP contribution in [0.25, 0.3) is 10.9 Å². The van der Waals surface area contributed by atoms with E-state index in [4.69, 9.17) is 4.74 Å². The normalized spacial score (nSPS) is 15.8. The molecule has 3 heterocycles. The first kappa shape index (κ1) is 19.4. The SMILES string of the molecule is CCOc1ccc([C@H]2c3[nH]c4ccccc4c3CCN2C(=O)Cn2ccc(C)n2)cc1. The highest BCUT2D eigenvalue weighted by molar-refractivity contribution is 5.86. The van der Waals surface area contributed by atoms with Gasteiger partial charge in [0.2, 0.25) is 5.91 Å². The predicted octanol–water partition coefficient (Wildman–Crippen LogP) is 4.25. The second kappa shape index (κ2) is 7.95. The first-order valence-corrected chi connectivity index (χ1v) is 10.8. The predicted molar refractivity (Wildman–Crippen MR) is 120 cm³/mol. The summed E-state index contributed by atoms with van der Waals surface area (Å²) in [6.45, 7) is 5.44. The molecule has 31 heavy (non-hydrogen) atoms. The van der Waals surface area contributed by atoms with Gasteiger partial charge < -0.3 is 14.6 Å². The van der Waals surface area contributed by atoms with Crippen LogP contribution < -0.4 is 4.74 Å². The Balaban J connectivity index is 1.56. The molecule has 0 unspecified atom stereocenters. The van der Waals surface area contributed by atoms with Crippen LogP contribution in [0.5, 0.6) is 5.75 Å². The van der Waals surface area contributed by atoms with Crippen LogP contribution in [0.2, 0.25) is 0 Å². The second-order valence-electron chi connectivity index (χ2n) is 7.96. The fraction of sp³-hybridized carbons (Fsp3) is 0.280. The van der Waals surface area contributed by atoms with Crippen LogP contribution in [-0.2, 0) is 17.8 Å². The van der Waals surface area contributed by atoms with E-state index in [1.54, 1.807) is 4.68 Å². The van der Waals surface area contributed by atoms with Crippen molar-refractivity contribution in [1.29, 1.82) is 0 Å². The zero-order valence-electron chi connectivity index (χ0n) is 17.8. The molecule has 5 rings (SSSR count). The number of H-pyrrole nitrogens is 1. The van der Waals surface area contributed by atoms with E-state index >= 15 is 0 Å². The van der Waals surface area contributed by atoms with Crippen LogP contribution in [-0.4, -0.2) is 38.7 Å². The highest BCUT2D eigenvalue weighted by Crippen LogP contribution is 2.39. The van der Waals surface area contributed by atoms with Crippen molar-refractivity contribution in [3.05, 3.63) is 83.3 Å². The van der Waals surface area contributed by atoms with E-state index in [1.807, 2.05) is 49.2 Å². The number of aromatic nitrogens is 3.